The number of hydrogen-bond acceptors (Lipinski definition) is 3. The zero-order chi connectivity index (χ0) is 14.5. The van der Waals surface area contributed by atoms with Crippen LogP contribution in [0.4, 0.5) is 13.2 Å². The highest BCUT2D eigenvalue weighted by Gasteiger charge is 2.31. The first-order valence-corrected chi connectivity index (χ1v) is 8.13. The lowest BCUT2D eigenvalue weighted by atomic mass is 10.2. The first-order chi connectivity index (χ1) is 8.68. The van der Waals surface area contributed by atoms with Gasteiger partial charge in [-0.25, -0.2) is 13.1 Å². The Morgan fingerprint density at radius 3 is 2.42 bits per heavy atom. The van der Waals surface area contributed by atoms with Gasteiger partial charge in [0, 0.05) is 12.1 Å². The van der Waals surface area contributed by atoms with Crippen LogP contribution >= 0.6 is 0 Å². The van der Waals surface area contributed by atoms with Crippen LogP contribution in [0.3, 0.4) is 0 Å². The number of halogens is 3. The Balaban J connectivity index is 2.15. The Morgan fingerprint density at radius 1 is 1.26 bits per heavy atom. The van der Waals surface area contributed by atoms with Crippen molar-refractivity contribution < 1.29 is 21.6 Å². The van der Waals surface area contributed by atoms with E-state index in [0.717, 1.165) is 6.54 Å². The molecule has 0 saturated heterocycles. The highest BCUT2D eigenvalue weighted by Crippen LogP contribution is 2.21. The molecule has 2 N–H and O–H groups in total. The average Bonchev–Trinajstić information content (AvgIpc) is 2.96. The maximum absolute atomic E-state index is 12.1. The molecule has 1 atom stereocenters. The van der Waals surface area contributed by atoms with Gasteiger partial charge < -0.3 is 5.32 Å². The number of unbranched alkanes of at least 4 members (excludes halogenated alkanes) is 1. The smallest absolute Gasteiger partial charge is 0.314 e. The third-order valence-electron chi connectivity index (χ3n) is 2.77. The quantitative estimate of drug-likeness (QED) is 0.638. The van der Waals surface area contributed by atoms with E-state index in [9.17, 15) is 21.6 Å². The van der Waals surface area contributed by atoms with Crippen molar-refractivity contribution in [1.82, 2.24) is 10.0 Å². The normalized spacial score (nSPS) is 18.5. The molecule has 0 aromatic carbocycles. The van der Waals surface area contributed by atoms with E-state index < -0.39 is 28.7 Å². The highest BCUT2D eigenvalue weighted by molar-refractivity contribution is 7.89. The van der Waals surface area contributed by atoms with Crippen LogP contribution in [-0.4, -0.2) is 39.0 Å². The molecule has 0 bridgehead atoms. The SMILES string of the molecule is CC(CC(F)(F)F)NS(=O)(=O)CCCCNC1CC1. The number of rotatable bonds is 9. The summed E-state index contributed by atoms with van der Waals surface area (Å²) in [6.07, 6.45) is -1.98. The molecule has 19 heavy (non-hydrogen) atoms. The molecule has 4 nitrogen and oxygen atoms in total. The Labute approximate surface area is 112 Å². The molecule has 8 heteroatoms. The van der Waals surface area contributed by atoms with E-state index >= 15 is 0 Å². The lowest BCUT2D eigenvalue weighted by Gasteiger charge is -2.15. The summed E-state index contributed by atoms with van der Waals surface area (Å²) in [4.78, 5) is 0. The zero-order valence-electron chi connectivity index (χ0n) is 11.0. The molecular weight excluding hydrogens is 281 g/mol. The van der Waals surface area contributed by atoms with Crippen molar-refractivity contribution in [2.75, 3.05) is 12.3 Å². The fourth-order valence-electron chi connectivity index (χ4n) is 1.77. The Kier molecular flexibility index (Phi) is 6.07. The number of nitrogens with one attached hydrogen (secondary N) is 2. The molecule has 114 valence electrons. The van der Waals surface area contributed by atoms with Crippen molar-refractivity contribution in [3.05, 3.63) is 0 Å². The molecule has 0 amide bonds. The van der Waals surface area contributed by atoms with Crippen LogP contribution in [0.2, 0.25) is 0 Å². The van der Waals surface area contributed by atoms with Gasteiger partial charge >= 0.3 is 6.18 Å². The Bertz CT molecular complexity index is 367. The molecule has 0 spiro atoms. The summed E-state index contributed by atoms with van der Waals surface area (Å²) in [7, 11) is -3.62. The molecule has 1 aliphatic rings. The first kappa shape index (κ1) is 16.7. The Morgan fingerprint density at radius 2 is 1.89 bits per heavy atom. The second kappa shape index (κ2) is 6.90. The molecule has 1 aliphatic carbocycles. The van der Waals surface area contributed by atoms with E-state index in [4.69, 9.17) is 0 Å². The molecular formula is C11H21F3N2O2S. The Hall–Kier alpha value is -0.340. The van der Waals surface area contributed by atoms with Gasteiger partial charge in [-0.15, -0.1) is 0 Å². The largest absolute Gasteiger partial charge is 0.390 e. The number of alkyl halides is 3. The van der Waals surface area contributed by atoms with Gasteiger partial charge in [-0.05, 0) is 39.2 Å². The molecule has 0 heterocycles. The first-order valence-electron chi connectivity index (χ1n) is 6.48. The molecule has 1 rings (SSSR count). The second-order valence-electron chi connectivity index (χ2n) is 5.09. The van der Waals surface area contributed by atoms with Gasteiger partial charge in [-0.1, -0.05) is 0 Å². The summed E-state index contributed by atoms with van der Waals surface area (Å²) in [5.41, 5.74) is 0. The lowest BCUT2D eigenvalue weighted by molar-refractivity contribution is -0.137. The number of sulfonamides is 1. The predicted molar refractivity (Wildman–Crippen MR) is 67.3 cm³/mol. The van der Waals surface area contributed by atoms with Crippen molar-refractivity contribution in [1.29, 1.82) is 0 Å². The van der Waals surface area contributed by atoms with Crippen LogP contribution in [-0.2, 0) is 10.0 Å². The summed E-state index contributed by atoms with van der Waals surface area (Å²) < 4.78 is 61.3. The van der Waals surface area contributed by atoms with Gasteiger partial charge in [0.25, 0.3) is 0 Å². The van der Waals surface area contributed by atoms with Crippen molar-refractivity contribution in [2.45, 2.75) is 57.3 Å². The summed E-state index contributed by atoms with van der Waals surface area (Å²) >= 11 is 0. The fourth-order valence-corrected chi connectivity index (χ4v) is 3.16. The zero-order valence-corrected chi connectivity index (χ0v) is 11.8. The van der Waals surface area contributed by atoms with Crippen LogP contribution in [0, 0.1) is 0 Å². The van der Waals surface area contributed by atoms with Crippen LogP contribution < -0.4 is 10.0 Å². The average molecular weight is 302 g/mol. The van der Waals surface area contributed by atoms with E-state index in [1.165, 1.54) is 19.8 Å². The van der Waals surface area contributed by atoms with Crippen molar-refractivity contribution in [2.24, 2.45) is 0 Å². The summed E-state index contributed by atoms with van der Waals surface area (Å²) in [6, 6.07) is -0.531. The molecule has 0 aromatic heterocycles. The van der Waals surface area contributed by atoms with Crippen molar-refractivity contribution in [3.8, 4) is 0 Å². The molecule has 1 unspecified atom stereocenters. The number of hydrogen-bond donors (Lipinski definition) is 2. The topological polar surface area (TPSA) is 58.2 Å². The van der Waals surface area contributed by atoms with Gasteiger partial charge in [-0.3, -0.25) is 0 Å². The lowest BCUT2D eigenvalue weighted by Crippen LogP contribution is -2.37. The minimum absolute atomic E-state index is 0.123. The molecule has 1 saturated carbocycles. The van der Waals surface area contributed by atoms with E-state index in [1.54, 1.807) is 0 Å². The monoisotopic (exact) mass is 302 g/mol. The van der Waals surface area contributed by atoms with Crippen LogP contribution in [0.1, 0.15) is 39.0 Å². The third-order valence-corrected chi connectivity index (χ3v) is 4.36. The summed E-state index contributed by atoms with van der Waals surface area (Å²) in [5, 5.41) is 3.25. The fraction of sp³-hybridized carbons (Fsp3) is 1.00. The third kappa shape index (κ3) is 9.23. The standard InChI is InChI=1S/C11H21F3N2O2S/c1-9(8-11(12,13)14)16-19(17,18)7-3-2-6-15-10-4-5-10/h9-10,15-16H,2-8H2,1H3. The summed E-state index contributed by atoms with van der Waals surface area (Å²) in [6.45, 7) is 1.98. The van der Waals surface area contributed by atoms with Crippen molar-refractivity contribution in [3.63, 3.8) is 0 Å². The van der Waals surface area contributed by atoms with Crippen LogP contribution in [0.25, 0.3) is 0 Å². The molecule has 0 aromatic rings. The van der Waals surface area contributed by atoms with Gasteiger partial charge in [0.05, 0.1) is 12.2 Å². The summed E-state index contributed by atoms with van der Waals surface area (Å²) in [5.74, 6) is -0.123. The van der Waals surface area contributed by atoms with E-state index in [2.05, 4.69) is 10.0 Å². The van der Waals surface area contributed by atoms with E-state index in [0.29, 0.717) is 18.9 Å². The van der Waals surface area contributed by atoms with Crippen LogP contribution in [0.5, 0.6) is 0 Å². The minimum Gasteiger partial charge on any atom is -0.314 e. The maximum Gasteiger partial charge on any atom is 0.390 e. The second-order valence-corrected chi connectivity index (χ2v) is 6.97. The van der Waals surface area contributed by atoms with E-state index in [-0.39, 0.29) is 5.75 Å². The molecule has 0 radical (unpaired) electrons. The minimum atomic E-state index is -4.35. The van der Waals surface area contributed by atoms with Crippen LogP contribution in [0.15, 0.2) is 0 Å². The molecule has 1 fully saturated rings. The molecule has 0 aliphatic heterocycles. The van der Waals surface area contributed by atoms with E-state index in [1.807, 2.05) is 0 Å². The van der Waals surface area contributed by atoms with Crippen molar-refractivity contribution >= 4 is 10.0 Å². The highest BCUT2D eigenvalue weighted by atomic mass is 32.2. The maximum atomic E-state index is 12.1. The van der Waals surface area contributed by atoms with Gasteiger partial charge in [-0.2, -0.15) is 13.2 Å². The van der Waals surface area contributed by atoms with Gasteiger partial charge in [0.2, 0.25) is 10.0 Å². The predicted octanol–water partition coefficient (Wildman–Crippen LogP) is 1.78. The van der Waals surface area contributed by atoms with Gasteiger partial charge in [0.1, 0.15) is 0 Å². The van der Waals surface area contributed by atoms with Gasteiger partial charge in [0.15, 0.2) is 0 Å².